The van der Waals surface area contributed by atoms with E-state index in [4.69, 9.17) is 11.6 Å². The topological polar surface area (TPSA) is 64.0 Å². The molecule has 5 nitrogen and oxygen atoms in total. The van der Waals surface area contributed by atoms with Crippen molar-refractivity contribution in [3.63, 3.8) is 0 Å². The van der Waals surface area contributed by atoms with Crippen LogP contribution in [0.15, 0.2) is 65.8 Å². The summed E-state index contributed by atoms with van der Waals surface area (Å²) >= 11 is 5.66. The SMILES string of the molecule is O=S(=O)(NCCc1nccn1Cc1ccccc1)c1ccc(Cl)cc1F. The van der Waals surface area contributed by atoms with Crippen molar-refractivity contribution in [2.24, 2.45) is 0 Å². The Hall–Kier alpha value is -2.22. The highest BCUT2D eigenvalue weighted by molar-refractivity contribution is 7.89. The van der Waals surface area contributed by atoms with Gasteiger partial charge in [0.05, 0.1) is 0 Å². The van der Waals surface area contributed by atoms with Crippen LogP contribution in [0.25, 0.3) is 0 Å². The second kappa shape index (κ2) is 7.99. The van der Waals surface area contributed by atoms with E-state index >= 15 is 0 Å². The molecule has 1 aromatic heterocycles. The quantitative estimate of drug-likeness (QED) is 0.670. The molecular weight excluding hydrogens is 377 g/mol. The van der Waals surface area contributed by atoms with Crippen LogP contribution in [0.1, 0.15) is 11.4 Å². The Kier molecular flexibility index (Phi) is 5.70. The van der Waals surface area contributed by atoms with Crippen LogP contribution >= 0.6 is 11.6 Å². The minimum atomic E-state index is -3.95. The Morgan fingerprint density at radius 1 is 1.15 bits per heavy atom. The standard InChI is InChI=1S/C18H17ClFN3O2S/c19-15-6-7-17(16(20)12-15)26(24,25)22-9-8-18-21-10-11-23(18)13-14-4-2-1-3-5-14/h1-7,10-12,22H,8-9,13H2. The van der Waals surface area contributed by atoms with Gasteiger partial charge in [-0.1, -0.05) is 41.9 Å². The lowest BCUT2D eigenvalue weighted by Gasteiger charge is -2.10. The van der Waals surface area contributed by atoms with E-state index in [1.54, 1.807) is 6.20 Å². The number of rotatable bonds is 7. The Morgan fingerprint density at radius 2 is 1.92 bits per heavy atom. The van der Waals surface area contributed by atoms with E-state index in [0.29, 0.717) is 13.0 Å². The molecule has 3 rings (SSSR count). The van der Waals surface area contributed by atoms with Gasteiger partial charge in [0, 0.05) is 36.9 Å². The maximum atomic E-state index is 13.8. The normalized spacial score (nSPS) is 11.6. The van der Waals surface area contributed by atoms with Gasteiger partial charge < -0.3 is 4.57 Å². The van der Waals surface area contributed by atoms with Crippen LogP contribution < -0.4 is 4.72 Å². The van der Waals surface area contributed by atoms with Gasteiger partial charge >= 0.3 is 0 Å². The molecule has 0 fully saturated rings. The lowest BCUT2D eigenvalue weighted by molar-refractivity contribution is 0.556. The molecule has 0 bridgehead atoms. The molecule has 0 aliphatic carbocycles. The summed E-state index contributed by atoms with van der Waals surface area (Å²) in [5.41, 5.74) is 1.12. The van der Waals surface area contributed by atoms with E-state index in [1.807, 2.05) is 41.1 Å². The van der Waals surface area contributed by atoms with Crippen LogP contribution in [0, 0.1) is 5.82 Å². The molecule has 8 heteroatoms. The Morgan fingerprint density at radius 3 is 2.65 bits per heavy atom. The molecule has 3 aromatic rings. The van der Waals surface area contributed by atoms with Crippen molar-refractivity contribution >= 4 is 21.6 Å². The van der Waals surface area contributed by atoms with Crippen LogP contribution in [-0.2, 0) is 23.0 Å². The second-order valence-corrected chi connectivity index (χ2v) is 7.85. The fourth-order valence-corrected chi connectivity index (χ4v) is 3.81. The number of halogens is 2. The predicted octanol–water partition coefficient (Wildman–Crippen LogP) is 3.24. The van der Waals surface area contributed by atoms with E-state index in [0.717, 1.165) is 23.5 Å². The number of benzene rings is 2. The minimum absolute atomic E-state index is 0.107. The number of sulfonamides is 1. The first-order valence-electron chi connectivity index (χ1n) is 7.94. The zero-order valence-corrected chi connectivity index (χ0v) is 15.3. The lowest BCUT2D eigenvalue weighted by Crippen LogP contribution is -2.27. The van der Waals surface area contributed by atoms with Crippen molar-refractivity contribution in [2.75, 3.05) is 6.54 Å². The Labute approximate surface area is 156 Å². The smallest absolute Gasteiger partial charge is 0.243 e. The van der Waals surface area contributed by atoms with Gasteiger partial charge in [-0.15, -0.1) is 0 Å². The van der Waals surface area contributed by atoms with Crippen molar-refractivity contribution in [3.05, 3.63) is 83.2 Å². The molecule has 0 aliphatic heterocycles. The zero-order valence-electron chi connectivity index (χ0n) is 13.8. The molecule has 0 saturated carbocycles. The van der Waals surface area contributed by atoms with E-state index in [2.05, 4.69) is 9.71 Å². The van der Waals surface area contributed by atoms with E-state index in [1.165, 1.54) is 6.07 Å². The number of aromatic nitrogens is 2. The van der Waals surface area contributed by atoms with Gasteiger partial charge in [-0.2, -0.15) is 0 Å². The Bertz CT molecular complexity index is 991. The molecule has 1 heterocycles. The van der Waals surface area contributed by atoms with Crippen LogP contribution in [0.2, 0.25) is 5.02 Å². The maximum Gasteiger partial charge on any atom is 0.243 e. The highest BCUT2D eigenvalue weighted by atomic mass is 35.5. The van der Waals surface area contributed by atoms with Crippen molar-refractivity contribution < 1.29 is 12.8 Å². The van der Waals surface area contributed by atoms with Crippen LogP contribution in [0.4, 0.5) is 4.39 Å². The zero-order chi connectivity index (χ0) is 18.6. The summed E-state index contributed by atoms with van der Waals surface area (Å²) in [5.74, 6) is -0.135. The van der Waals surface area contributed by atoms with Crippen molar-refractivity contribution in [2.45, 2.75) is 17.9 Å². The van der Waals surface area contributed by atoms with Crippen LogP contribution in [-0.4, -0.2) is 24.5 Å². The molecule has 0 spiro atoms. The molecular formula is C18H17ClFN3O2S. The van der Waals surface area contributed by atoms with E-state index in [-0.39, 0.29) is 11.6 Å². The van der Waals surface area contributed by atoms with Gasteiger partial charge in [0.1, 0.15) is 16.5 Å². The third-order valence-electron chi connectivity index (χ3n) is 3.82. The van der Waals surface area contributed by atoms with Gasteiger partial charge in [0.2, 0.25) is 10.0 Å². The highest BCUT2D eigenvalue weighted by Gasteiger charge is 2.19. The fourth-order valence-electron chi connectivity index (χ4n) is 2.56. The second-order valence-electron chi connectivity index (χ2n) is 5.68. The Balaban J connectivity index is 1.64. The van der Waals surface area contributed by atoms with E-state index < -0.39 is 20.7 Å². The molecule has 0 unspecified atom stereocenters. The average Bonchev–Trinajstić information content (AvgIpc) is 3.02. The van der Waals surface area contributed by atoms with Gasteiger partial charge in [-0.25, -0.2) is 22.5 Å². The average molecular weight is 394 g/mol. The minimum Gasteiger partial charge on any atom is -0.330 e. The molecule has 2 aromatic carbocycles. The summed E-state index contributed by atoms with van der Waals surface area (Å²) in [5, 5.41) is 0.143. The summed E-state index contributed by atoms with van der Waals surface area (Å²) in [6.07, 6.45) is 3.90. The first-order valence-corrected chi connectivity index (χ1v) is 9.80. The van der Waals surface area contributed by atoms with Crippen molar-refractivity contribution in [1.29, 1.82) is 0 Å². The third-order valence-corrected chi connectivity index (χ3v) is 5.55. The highest BCUT2D eigenvalue weighted by Crippen LogP contribution is 2.18. The number of hydrogen-bond donors (Lipinski definition) is 1. The van der Waals surface area contributed by atoms with Crippen LogP contribution in [0.5, 0.6) is 0 Å². The maximum absolute atomic E-state index is 13.8. The fraction of sp³-hybridized carbons (Fsp3) is 0.167. The molecule has 0 aliphatic rings. The van der Waals surface area contributed by atoms with Gasteiger partial charge in [-0.3, -0.25) is 0 Å². The van der Waals surface area contributed by atoms with Gasteiger partial charge in [-0.05, 0) is 23.8 Å². The third kappa shape index (κ3) is 4.49. The summed E-state index contributed by atoms with van der Waals surface area (Å²) in [7, 11) is -3.95. The van der Waals surface area contributed by atoms with Crippen molar-refractivity contribution in [1.82, 2.24) is 14.3 Å². The first-order chi connectivity index (χ1) is 12.5. The monoisotopic (exact) mass is 393 g/mol. The lowest BCUT2D eigenvalue weighted by atomic mass is 10.2. The number of hydrogen-bond acceptors (Lipinski definition) is 3. The number of nitrogens with zero attached hydrogens (tertiary/aromatic N) is 2. The van der Waals surface area contributed by atoms with Crippen LogP contribution in [0.3, 0.4) is 0 Å². The molecule has 136 valence electrons. The molecule has 0 radical (unpaired) electrons. The summed E-state index contributed by atoms with van der Waals surface area (Å²) in [6.45, 7) is 0.755. The molecule has 26 heavy (non-hydrogen) atoms. The molecule has 0 atom stereocenters. The first kappa shape index (κ1) is 18.6. The predicted molar refractivity (Wildman–Crippen MR) is 98.1 cm³/mol. The summed E-state index contributed by atoms with van der Waals surface area (Å²) in [4.78, 5) is 3.85. The number of nitrogens with one attached hydrogen (secondary N) is 1. The molecule has 0 saturated heterocycles. The number of imidazole rings is 1. The van der Waals surface area contributed by atoms with E-state index in [9.17, 15) is 12.8 Å². The molecule has 0 amide bonds. The van der Waals surface area contributed by atoms with Crippen molar-refractivity contribution in [3.8, 4) is 0 Å². The summed E-state index contributed by atoms with van der Waals surface area (Å²) < 4.78 is 42.7. The molecule has 1 N–H and O–H groups in total. The largest absolute Gasteiger partial charge is 0.330 e. The summed E-state index contributed by atoms with van der Waals surface area (Å²) in [6, 6.07) is 13.3. The van der Waals surface area contributed by atoms with Gasteiger partial charge in [0.25, 0.3) is 0 Å². The van der Waals surface area contributed by atoms with Gasteiger partial charge in [0.15, 0.2) is 0 Å².